The second kappa shape index (κ2) is 3.53. The van der Waals surface area contributed by atoms with Gasteiger partial charge in [0.15, 0.2) is 11.6 Å². The maximum atomic E-state index is 13.1. The smallest absolute Gasteiger partial charge is 0.338 e. The summed E-state index contributed by atoms with van der Waals surface area (Å²) in [6.07, 6.45) is 0.722. The molecule has 0 heterocycles. The van der Waals surface area contributed by atoms with Crippen molar-refractivity contribution in [3.05, 3.63) is 41.2 Å². The number of halogens is 3. The maximum Gasteiger partial charge on any atom is 0.338 e. The summed E-state index contributed by atoms with van der Waals surface area (Å²) in [6.45, 7) is 3.05. The molecule has 1 N–H and O–H groups in total. The van der Waals surface area contributed by atoms with Crippen LogP contribution in [0.2, 0.25) is 0 Å². The molecular formula is C9H5F3O2. The van der Waals surface area contributed by atoms with Gasteiger partial charge in [-0.15, -0.1) is 0 Å². The predicted molar refractivity (Wildman–Crippen MR) is 43.4 cm³/mol. The molecule has 74 valence electrons. The van der Waals surface area contributed by atoms with Crippen molar-refractivity contribution in [2.75, 3.05) is 0 Å². The van der Waals surface area contributed by atoms with Gasteiger partial charge in [-0.05, 0) is 6.07 Å². The summed E-state index contributed by atoms with van der Waals surface area (Å²) in [5.41, 5.74) is -1.69. The van der Waals surface area contributed by atoms with Crippen LogP contribution in [0.1, 0.15) is 15.9 Å². The van der Waals surface area contributed by atoms with Crippen molar-refractivity contribution in [1.82, 2.24) is 0 Å². The molecule has 0 aromatic heterocycles. The van der Waals surface area contributed by atoms with E-state index in [0.717, 1.165) is 6.08 Å². The summed E-state index contributed by atoms with van der Waals surface area (Å²) in [4.78, 5) is 10.4. The van der Waals surface area contributed by atoms with Crippen molar-refractivity contribution in [3.63, 3.8) is 0 Å². The van der Waals surface area contributed by atoms with Gasteiger partial charge < -0.3 is 5.11 Å². The average molecular weight is 202 g/mol. The molecule has 1 rings (SSSR count). The molecule has 2 nitrogen and oxygen atoms in total. The van der Waals surface area contributed by atoms with Gasteiger partial charge in [-0.25, -0.2) is 18.0 Å². The van der Waals surface area contributed by atoms with Crippen molar-refractivity contribution in [3.8, 4) is 0 Å². The van der Waals surface area contributed by atoms with E-state index in [0.29, 0.717) is 6.07 Å². The van der Waals surface area contributed by atoms with Crippen LogP contribution in [-0.4, -0.2) is 11.1 Å². The fraction of sp³-hybridized carbons (Fsp3) is 0. The van der Waals surface area contributed by atoms with Gasteiger partial charge in [-0.1, -0.05) is 12.7 Å². The number of carboxylic acid groups (broad SMARTS) is 1. The molecule has 0 fully saturated rings. The number of aromatic carboxylic acids is 1. The van der Waals surface area contributed by atoms with E-state index < -0.39 is 34.5 Å². The first-order valence-electron chi connectivity index (χ1n) is 3.52. The zero-order valence-electron chi connectivity index (χ0n) is 6.85. The Kier molecular flexibility index (Phi) is 2.60. The summed E-state index contributed by atoms with van der Waals surface area (Å²) in [5.74, 6) is -5.85. The van der Waals surface area contributed by atoms with E-state index in [-0.39, 0.29) is 0 Å². The number of rotatable bonds is 2. The molecular weight excluding hydrogens is 197 g/mol. The molecule has 0 unspecified atom stereocenters. The highest BCUT2D eigenvalue weighted by Crippen LogP contribution is 2.21. The van der Waals surface area contributed by atoms with Crippen LogP contribution in [0.5, 0.6) is 0 Å². The van der Waals surface area contributed by atoms with E-state index in [9.17, 15) is 18.0 Å². The number of benzene rings is 1. The van der Waals surface area contributed by atoms with Crippen LogP contribution in [0.15, 0.2) is 12.6 Å². The van der Waals surface area contributed by atoms with Crippen molar-refractivity contribution in [1.29, 1.82) is 0 Å². The summed E-state index contributed by atoms with van der Waals surface area (Å²) < 4.78 is 38.6. The Morgan fingerprint density at radius 2 is 1.93 bits per heavy atom. The zero-order valence-corrected chi connectivity index (χ0v) is 6.85. The van der Waals surface area contributed by atoms with Crippen LogP contribution in [0.4, 0.5) is 13.2 Å². The lowest BCUT2D eigenvalue weighted by Crippen LogP contribution is -2.06. The largest absolute Gasteiger partial charge is 0.478 e. The standard InChI is InChI=1S/C9H5F3O2/c1-2-4-7(11)5(9(13)14)3-6(10)8(4)12/h2-3H,1H2,(H,13,14). The quantitative estimate of drug-likeness (QED) is 0.748. The lowest BCUT2D eigenvalue weighted by molar-refractivity contribution is 0.0691. The molecule has 0 aliphatic carbocycles. The van der Waals surface area contributed by atoms with E-state index >= 15 is 0 Å². The molecule has 14 heavy (non-hydrogen) atoms. The molecule has 5 heteroatoms. The summed E-state index contributed by atoms with van der Waals surface area (Å²) >= 11 is 0. The molecule has 1 aromatic rings. The maximum absolute atomic E-state index is 13.1. The summed E-state index contributed by atoms with van der Waals surface area (Å²) in [7, 11) is 0. The Labute approximate surface area is 77.3 Å². The van der Waals surface area contributed by atoms with Crippen LogP contribution in [0.25, 0.3) is 6.08 Å². The van der Waals surface area contributed by atoms with Crippen LogP contribution in [0, 0.1) is 17.5 Å². The predicted octanol–water partition coefficient (Wildman–Crippen LogP) is 2.45. The van der Waals surface area contributed by atoms with Gasteiger partial charge in [0.05, 0.1) is 5.56 Å². The third-order valence-corrected chi connectivity index (χ3v) is 1.62. The minimum absolute atomic E-state index is 0.292. The van der Waals surface area contributed by atoms with Gasteiger partial charge in [0.25, 0.3) is 0 Å². The average Bonchev–Trinajstić information content (AvgIpc) is 2.12. The number of hydrogen-bond donors (Lipinski definition) is 1. The third-order valence-electron chi connectivity index (χ3n) is 1.62. The minimum Gasteiger partial charge on any atom is -0.478 e. The van der Waals surface area contributed by atoms with Crippen LogP contribution >= 0.6 is 0 Å². The molecule has 0 saturated carbocycles. The molecule has 0 atom stereocenters. The number of carboxylic acids is 1. The topological polar surface area (TPSA) is 37.3 Å². The Balaban J connectivity index is 3.58. The SMILES string of the molecule is C=Cc1c(F)c(F)cc(C(=O)O)c1F. The van der Waals surface area contributed by atoms with Gasteiger partial charge >= 0.3 is 5.97 Å². The lowest BCUT2D eigenvalue weighted by atomic mass is 10.1. The normalized spacial score (nSPS) is 9.93. The fourth-order valence-electron chi connectivity index (χ4n) is 0.958. The molecule has 0 saturated heterocycles. The molecule has 0 amide bonds. The van der Waals surface area contributed by atoms with E-state index in [4.69, 9.17) is 5.11 Å². The zero-order chi connectivity index (χ0) is 10.9. The molecule has 0 aliphatic heterocycles. The van der Waals surface area contributed by atoms with Crippen LogP contribution in [0.3, 0.4) is 0 Å². The van der Waals surface area contributed by atoms with Gasteiger partial charge in [0.1, 0.15) is 5.82 Å². The molecule has 0 aliphatic rings. The summed E-state index contributed by atoms with van der Waals surface area (Å²) in [5, 5.41) is 8.44. The van der Waals surface area contributed by atoms with Gasteiger partial charge in [-0.2, -0.15) is 0 Å². The van der Waals surface area contributed by atoms with Crippen molar-refractivity contribution >= 4 is 12.0 Å². The highest BCUT2D eigenvalue weighted by molar-refractivity contribution is 5.88. The van der Waals surface area contributed by atoms with Crippen molar-refractivity contribution in [2.24, 2.45) is 0 Å². The highest BCUT2D eigenvalue weighted by Gasteiger charge is 2.20. The first-order valence-corrected chi connectivity index (χ1v) is 3.52. The van der Waals surface area contributed by atoms with Crippen molar-refractivity contribution < 1.29 is 23.1 Å². The van der Waals surface area contributed by atoms with E-state index in [1.165, 1.54) is 0 Å². The second-order valence-electron chi connectivity index (χ2n) is 2.46. The van der Waals surface area contributed by atoms with E-state index in [1.807, 2.05) is 0 Å². The van der Waals surface area contributed by atoms with E-state index in [2.05, 4.69) is 6.58 Å². The number of hydrogen-bond acceptors (Lipinski definition) is 1. The van der Waals surface area contributed by atoms with Gasteiger partial charge in [0, 0.05) is 5.56 Å². The first kappa shape index (κ1) is 10.3. The molecule has 0 bridgehead atoms. The van der Waals surface area contributed by atoms with Crippen LogP contribution < -0.4 is 0 Å². The Bertz CT molecular complexity index is 413. The first-order chi connectivity index (χ1) is 6.49. The number of carbonyl (C=O) groups is 1. The Morgan fingerprint density at radius 3 is 2.36 bits per heavy atom. The second-order valence-corrected chi connectivity index (χ2v) is 2.46. The molecule has 1 aromatic carbocycles. The van der Waals surface area contributed by atoms with Crippen LogP contribution in [-0.2, 0) is 0 Å². The molecule has 0 spiro atoms. The minimum atomic E-state index is -1.66. The Morgan fingerprint density at radius 1 is 1.36 bits per heavy atom. The lowest BCUT2D eigenvalue weighted by Gasteiger charge is -2.03. The summed E-state index contributed by atoms with van der Waals surface area (Å²) in [6, 6.07) is 0.292. The highest BCUT2D eigenvalue weighted by atomic mass is 19.2. The van der Waals surface area contributed by atoms with Gasteiger partial charge in [-0.3, -0.25) is 0 Å². The van der Waals surface area contributed by atoms with Gasteiger partial charge in [0.2, 0.25) is 0 Å². The van der Waals surface area contributed by atoms with E-state index in [1.54, 1.807) is 0 Å². The Hall–Kier alpha value is -1.78. The monoisotopic (exact) mass is 202 g/mol. The third kappa shape index (κ3) is 1.48. The van der Waals surface area contributed by atoms with Crippen molar-refractivity contribution in [2.45, 2.75) is 0 Å². The molecule has 0 radical (unpaired) electrons. The fourth-order valence-corrected chi connectivity index (χ4v) is 0.958.